The lowest BCUT2D eigenvalue weighted by Crippen LogP contribution is -2.32. The Hall–Kier alpha value is -1.15. The average molecular weight is 332 g/mol. The number of benzene rings is 1. The fourth-order valence-electron chi connectivity index (χ4n) is 2.95. The van der Waals surface area contributed by atoms with Gasteiger partial charge in [0.25, 0.3) is 0 Å². The van der Waals surface area contributed by atoms with Gasteiger partial charge in [-0.2, -0.15) is 4.31 Å². The number of rotatable bonds is 3. The van der Waals surface area contributed by atoms with E-state index in [4.69, 9.17) is 5.73 Å². The Bertz CT molecular complexity index is 621. The van der Waals surface area contributed by atoms with Gasteiger partial charge in [-0.3, -0.25) is 4.79 Å². The highest BCUT2D eigenvalue weighted by Gasteiger charge is 2.41. The fourth-order valence-corrected chi connectivity index (χ4v) is 4.50. The molecule has 0 spiro atoms. The minimum absolute atomic E-state index is 0. The summed E-state index contributed by atoms with van der Waals surface area (Å²) in [6.07, 6.45) is 0. The lowest BCUT2D eigenvalue weighted by molar-refractivity contribution is 0.1000. The molecule has 2 heterocycles. The first-order valence-corrected chi connectivity index (χ1v) is 8.03. The Morgan fingerprint density at radius 1 is 1.14 bits per heavy atom. The molecule has 3 rings (SSSR count). The van der Waals surface area contributed by atoms with E-state index in [-0.39, 0.29) is 17.3 Å². The molecule has 0 radical (unpaired) electrons. The van der Waals surface area contributed by atoms with Crippen LogP contribution in [0.5, 0.6) is 0 Å². The third kappa shape index (κ3) is 2.91. The SMILES string of the molecule is Cl.NC(=O)c1ccc(S(=O)(=O)N2C[C@H]3CNC[C@H]3C2)cc1. The zero-order chi connectivity index (χ0) is 14.3. The van der Waals surface area contributed by atoms with Crippen LogP contribution in [0.15, 0.2) is 29.2 Å². The van der Waals surface area contributed by atoms with Gasteiger partial charge in [-0.05, 0) is 49.2 Å². The van der Waals surface area contributed by atoms with Crippen molar-refractivity contribution in [2.45, 2.75) is 4.90 Å². The first kappa shape index (κ1) is 16.2. The van der Waals surface area contributed by atoms with E-state index in [0.717, 1.165) is 13.1 Å². The van der Waals surface area contributed by atoms with Crippen molar-refractivity contribution >= 4 is 28.3 Å². The molecule has 1 amide bonds. The van der Waals surface area contributed by atoms with Crippen molar-refractivity contribution in [2.24, 2.45) is 17.6 Å². The van der Waals surface area contributed by atoms with Crippen LogP contribution in [0.2, 0.25) is 0 Å². The van der Waals surface area contributed by atoms with Gasteiger partial charge < -0.3 is 11.1 Å². The maximum Gasteiger partial charge on any atom is 0.248 e. The molecule has 2 saturated heterocycles. The molecule has 2 aliphatic heterocycles. The average Bonchev–Trinajstić information content (AvgIpc) is 2.99. The smallest absolute Gasteiger partial charge is 0.248 e. The summed E-state index contributed by atoms with van der Waals surface area (Å²) in [5, 5.41) is 3.28. The summed E-state index contributed by atoms with van der Waals surface area (Å²) in [4.78, 5) is 11.2. The molecule has 0 saturated carbocycles. The molecule has 2 atom stereocenters. The third-order valence-electron chi connectivity index (χ3n) is 4.13. The van der Waals surface area contributed by atoms with E-state index < -0.39 is 15.9 Å². The number of carbonyl (C=O) groups is 1. The molecule has 0 aromatic heterocycles. The minimum atomic E-state index is -3.47. The molecular formula is C13H18ClN3O3S. The van der Waals surface area contributed by atoms with Crippen molar-refractivity contribution in [2.75, 3.05) is 26.2 Å². The van der Waals surface area contributed by atoms with Crippen LogP contribution in [-0.2, 0) is 10.0 Å². The highest BCUT2D eigenvalue weighted by molar-refractivity contribution is 7.89. The van der Waals surface area contributed by atoms with Crippen molar-refractivity contribution in [1.29, 1.82) is 0 Å². The Morgan fingerprint density at radius 2 is 1.67 bits per heavy atom. The third-order valence-corrected chi connectivity index (χ3v) is 5.98. The monoisotopic (exact) mass is 331 g/mol. The van der Waals surface area contributed by atoms with Gasteiger partial charge in [-0.15, -0.1) is 12.4 Å². The molecule has 2 fully saturated rings. The molecule has 2 aliphatic rings. The Balaban J connectivity index is 0.00000161. The van der Waals surface area contributed by atoms with Gasteiger partial charge in [-0.25, -0.2) is 8.42 Å². The summed E-state index contributed by atoms with van der Waals surface area (Å²) in [5.41, 5.74) is 5.46. The number of nitrogens with one attached hydrogen (secondary N) is 1. The van der Waals surface area contributed by atoms with Crippen molar-refractivity contribution in [3.8, 4) is 0 Å². The summed E-state index contributed by atoms with van der Waals surface area (Å²) in [6.45, 7) is 2.91. The second-order valence-electron chi connectivity index (χ2n) is 5.39. The second-order valence-corrected chi connectivity index (χ2v) is 7.33. The summed E-state index contributed by atoms with van der Waals surface area (Å²) in [6, 6.07) is 5.80. The second kappa shape index (κ2) is 5.92. The maximum atomic E-state index is 12.5. The maximum absolute atomic E-state index is 12.5. The van der Waals surface area contributed by atoms with Gasteiger partial charge in [0.05, 0.1) is 4.90 Å². The van der Waals surface area contributed by atoms with E-state index in [2.05, 4.69) is 5.32 Å². The highest BCUT2D eigenvalue weighted by Crippen LogP contribution is 2.30. The van der Waals surface area contributed by atoms with Crippen molar-refractivity contribution < 1.29 is 13.2 Å². The van der Waals surface area contributed by atoms with Crippen LogP contribution in [0.4, 0.5) is 0 Å². The number of sulfonamides is 1. The normalized spacial score (nSPS) is 25.3. The summed E-state index contributed by atoms with van der Waals surface area (Å²) in [5.74, 6) is 0.264. The van der Waals surface area contributed by atoms with E-state index >= 15 is 0 Å². The van der Waals surface area contributed by atoms with Crippen LogP contribution in [-0.4, -0.2) is 44.8 Å². The molecule has 1 aromatic carbocycles. The number of hydrogen-bond acceptors (Lipinski definition) is 4. The van der Waals surface area contributed by atoms with E-state index in [0.29, 0.717) is 30.5 Å². The number of nitrogens with zero attached hydrogens (tertiary/aromatic N) is 1. The zero-order valence-corrected chi connectivity index (χ0v) is 13.0. The number of hydrogen-bond donors (Lipinski definition) is 2. The van der Waals surface area contributed by atoms with Crippen LogP contribution < -0.4 is 11.1 Å². The van der Waals surface area contributed by atoms with Gasteiger partial charge >= 0.3 is 0 Å². The first-order chi connectivity index (χ1) is 9.48. The minimum Gasteiger partial charge on any atom is -0.366 e. The molecule has 0 unspecified atom stereocenters. The van der Waals surface area contributed by atoms with Crippen LogP contribution in [0.1, 0.15) is 10.4 Å². The molecule has 3 N–H and O–H groups in total. The molecule has 116 valence electrons. The van der Waals surface area contributed by atoms with Gasteiger partial charge in [0.1, 0.15) is 0 Å². The van der Waals surface area contributed by atoms with Crippen molar-refractivity contribution in [3.05, 3.63) is 29.8 Å². The van der Waals surface area contributed by atoms with E-state index in [1.807, 2.05) is 0 Å². The largest absolute Gasteiger partial charge is 0.366 e. The molecule has 8 heteroatoms. The van der Waals surface area contributed by atoms with Gasteiger partial charge in [0.15, 0.2) is 0 Å². The molecule has 0 aliphatic carbocycles. The predicted molar refractivity (Wildman–Crippen MR) is 80.8 cm³/mol. The number of primary amides is 1. The van der Waals surface area contributed by atoms with Crippen molar-refractivity contribution in [1.82, 2.24) is 9.62 Å². The highest BCUT2D eigenvalue weighted by atomic mass is 35.5. The Kier molecular flexibility index (Phi) is 4.57. The van der Waals surface area contributed by atoms with Crippen LogP contribution >= 0.6 is 12.4 Å². The van der Waals surface area contributed by atoms with Crippen LogP contribution in [0, 0.1) is 11.8 Å². The Labute approximate surface area is 130 Å². The quantitative estimate of drug-likeness (QED) is 0.818. The molecule has 1 aromatic rings. The Morgan fingerprint density at radius 3 is 2.14 bits per heavy atom. The van der Waals surface area contributed by atoms with E-state index in [1.54, 1.807) is 4.31 Å². The van der Waals surface area contributed by atoms with E-state index in [1.165, 1.54) is 24.3 Å². The standard InChI is InChI=1S/C13H17N3O3S.ClH/c14-13(17)9-1-3-12(4-2-9)20(18,19)16-7-10-5-15-6-11(10)8-16;/h1-4,10-11,15H,5-8H2,(H2,14,17);1H/t10-,11+;. The lowest BCUT2D eigenvalue weighted by atomic mass is 10.0. The first-order valence-electron chi connectivity index (χ1n) is 6.59. The topological polar surface area (TPSA) is 92.5 Å². The van der Waals surface area contributed by atoms with Gasteiger partial charge in [-0.1, -0.05) is 0 Å². The van der Waals surface area contributed by atoms with Crippen molar-refractivity contribution in [3.63, 3.8) is 0 Å². The summed E-state index contributed by atoms with van der Waals surface area (Å²) < 4.78 is 26.6. The van der Waals surface area contributed by atoms with E-state index in [9.17, 15) is 13.2 Å². The molecule has 6 nitrogen and oxygen atoms in total. The van der Waals surface area contributed by atoms with Gasteiger partial charge in [0.2, 0.25) is 15.9 Å². The molecule has 0 bridgehead atoms. The fraction of sp³-hybridized carbons (Fsp3) is 0.462. The number of halogens is 1. The molecule has 21 heavy (non-hydrogen) atoms. The van der Waals surface area contributed by atoms with Gasteiger partial charge in [0, 0.05) is 18.7 Å². The summed E-state index contributed by atoms with van der Waals surface area (Å²) in [7, 11) is -3.47. The number of fused-ring (bicyclic) bond motifs is 1. The predicted octanol–water partition coefficient (Wildman–Crippen LogP) is 0.0472. The number of carbonyl (C=O) groups excluding carboxylic acids is 1. The number of nitrogens with two attached hydrogens (primary N) is 1. The molecular weight excluding hydrogens is 314 g/mol. The summed E-state index contributed by atoms with van der Waals surface area (Å²) >= 11 is 0. The van der Waals surface area contributed by atoms with Crippen LogP contribution in [0.3, 0.4) is 0 Å². The number of amides is 1. The van der Waals surface area contributed by atoms with Crippen LogP contribution in [0.25, 0.3) is 0 Å². The zero-order valence-electron chi connectivity index (χ0n) is 11.4. The lowest BCUT2D eigenvalue weighted by Gasteiger charge is -2.17.